The Kier molecular flexibility index (Phi) is 5.65. The highest BCUT2D eigenvalue weighted by Crippen LogP contribution is 2.16. The van der Waals surface area contributed by atoms with Crippen LogP contribution in [0.5, 0.6) is 0 Å². The molecule has 28 heavy (non-hydrogen) atoms. The Morgan fingerprint density at radius 2 is 1.61 bits per heavy atom. The average Bonchev–Trinajstić information content (AvgIpc) is 2.70. The third kappa shape index (κ3) is 3.99. The standard InChI is InChI=1S/C20H19ClN4O3/c1-24-17(22-12-13-6-4-3-5-7-13)16(19(27)25(2)20(24)28)18(26)23-15-10-8-14(21)9-11-15/h3-11,22H,12H2,1-2H3,(H,23,26). The minimum Gasteiger partial charge on any atom is -0.366 e. The van der Waals surface area contributed by atoms with E-state index in [9.17, 15) is 14.4 Å². The fourth-order valence-electron chi connectivity index (χ4n) is 2.76. The largest absolute Gasteiger partial charge is 0.366 e. The summed E-state index contributed by atoms with van der Waals surface area (Å²) in [5, 5.41) is 6.25. The smallest absolute Gasteiger partial charge is 0.332 e. The molecule has 0 fully saturated rings. The molecule has 0 aliphatic rings. The molecule has 0 aliphatic carbocycles. The van der Waals surface area contributed by atoms with E-state index in [1.54, 1.807) is 24.3 Å². The van der Waals surface area contributed by atoms with Gasteiger partial charge in [-0.25, -0.2) is 4.79 Å². The number of hydrogen-bond acceptors (Lipinski definition) is 4. The van der Waals surface area contributed by atoms with Gasteiger partial charge in [-0.1, -0.05) is 41.9 Å². The van der Waals surface area contributed by atoms with Crippen molar-refractivity contribution >= 4 is 29.0 Å². The van der Waals surface area contributed by atoms with Crippen LogP contribution in [-0.4, -0.2) is 15.0 Å². The molecular formula is C20H19ClN4O3. The molecule has 3 rings (SSSR count). The van der Waals surface area contributed by atoms with E-state index >= 15 is 0 Å². The Bertz CT molecular complexity index is 1120. The number of nitrogens with one attached hydrogen (secondary N) is 2. The third-order valence-electron chi connectivity index (χ3n) is 4.30. The number of benzene rings is 2. The Labute approximate surface area is 166 Å². The van der Waals surface area contributed by atoms with Gasteiger partial charge in [-0.15, -0.1) is 0 Å². The number of halogens is 1. The Morgan fingerprint density at radius 3 is 2.25 bits per heavy atom. The van der Waals surface area contributed by atoms with Crippen molar-refractivity contribution in [1.82, 2.24) is 9.13 Å². The summed E-state index contributed by atoms with van der Waals surface area (Å²) in [6, 6.07) is 16.0. The van der Waals surface area contributed by atoms with E-state index in [2.05, 4.69) is 10.6 Å². The molecule has 1 heterocycles. The maximum Gasteiger partial charge on any atom is 0.332 e. The zero-order valence-electron chi connectivity index (χ0n) is 15.4. The molecule has 0 bridgehead atoms. The lowest BCUT2D eigenvalue weighted by Gasteiger charge is -2.16. The van der Waals surface area contributed by atoms with E-state index in [0.717, 1.165) is 10.1 Å². The first-order valence-electron chi connectivity index (χ1n) is 8.53. The third-order valence-corrected chi connectivity index (χ3v) is 4.55. The number of rotatable bonds is 5. The van der Waals surface area contributed by atoms with E-state index in [4.69, 9.17) is 11.6 Å². The molecule has 144 valence electrons. The zero-order valence-corrected chi connectivity index (χ0v) is 16.2. The summed E-state index contributed by atoms with van der Waals surface area (Å²) in [5.74, 6) is -0.461. The maximum absolute atomic E-state index is 12.9. The fraction of sp³-hybridized carbons (Fsp3) is 0.150. The lowest BCUT2D eigenvalue weighted by atomic mass is 10.2. The number of anilines is 2. The second-order valence-corrected chi connectivity index (χ2v) is 6.67. The van der Waals surface area contributed by atoms with Gasteiger partial charge in [0.15, 0.2) is 0 Å². The summed E-state index contributed by atoms with van der Waals surface area (Å²) >= 11 is 5.86. The van der Waals surface area contributed by atoms with Gasteiger partial charge in [0.05, 0.1) is 0 Å². The highest BCUT2D eigenvalue weighted by molar-refractivity contribution is 6.30. The van der Waals surface area contributed by atoms with Gasteiger partial charge in [-0.3, -0.25) is 18.7 Å². The van der Waals surface area contributed by atoms with Gasteiger partial charge in [0.2, 0.25) is 0 Å². The van der Waals surface area contributed by atoms with E-state index in [1.807, 2.05) is 30.3 Å². The predicted octanol–water partition coefficient (Wildman–Crippen LogP) is 2.60. The van der Waals surface area contributed by atoms with E-state index in [0.29, 0.717) is 17.3 Å². The summed E-state index contributed by atoms with van der Waals surface area (Å²) in [4.78, 5) is 37.9. The van der Waals surface area contributed by atoms with Crippen LogP contribution in [0.3, 0.4) is 0 Å². The van der Waals surface area contributed by atoms with Crippen LogP contribution in [0, 0.1) is 0 Å². The molecule has 0 radical (unpaired) electrons. The van der Waals surface area contributed by atoms with Gasteiger partial charge in [-0.2, -0.15) is 0 Å². The maximum atomic E-state index is 12.9. The van der Waals surface area contributed by atoms with Crippen LogP contribution >= 0.6 is 11.6 Å². The van der Waals surface area contributed by atoms with Crippen molar-refractivity contribution in [3.63, 3.8) is 0 Å². The van der Waals surface area contributed by atoms with Crippen molar-refractivity contribution in [2.24, 2.45) is 14.1 Å². The molecule has 0 aliphatic heterocycles. The number of carbonyl (C=O) groups is 1. The molecule has 7 nitrogen and oxygen atoms in total. The molecule has 0 saturated carbocycles. The van der Waals surface area contributed by atoms with E-state index in [-0.39, 0.29) is 11.4 Å². The highest BCUT2D eigenvalue weighted by Gasteiger charge is 2.22. The summed E-state index contributed by atoms with van der Waals surface area (Å²) in [5.41, 5.74) is 0.0863. The van der Waals surface area contributed by atoms with Gasteiger partial charge >= 0.3 is 5.69 Å². The molecule has 2 N–H and O–H groups in total. The molecular weight excluding hydrogens is 380 g/mol. The first kappa shape index (κ1) is 19.4. The normalized spacial score (nSPS) is 10.5. The topological polar surface area (TPSA) is 85.1 Å². The van der Waals surface area contributed by atoms with Gasteiger partial charge in [-0.05, 0) is 29.8 Å². The van der Waals surface area contributed by atoms with Crippen molar-refractivity contribution in [3.8, 4) is 0 Å². The van der Waals surface area contributed by atoms with Gasteiger partial charge in [0, 0.05) is 31.4 Å². The van der Waals surface area contributed by atoms with Gasteiger partial charge in [0.25, 0.3) is 11.5 Å². The van der Waals surface area contributed by atoms with Crippen LogP contribution in [0.4, 0.5) is 11.5 Å². The van der Waals surface area contributed by atoms with Gasteiger partial charge in [0.1, 0.15) is 11.4 Å². The minimum atomic E-state index is -0.676. The molecule has 0 unspecified atom stereocenters. The van der Waals surface area contributed by atoms with Crippen molar-refractivity contribution in [2.75, 3.05) is 10.6 Å². The Hall–Kier alpha value is -3.32. The highest BCUT2D eigenvalue weighted by atomic mass is 35.5. The number of aromatic nitrogens is 2. The van der Waals surface area contributed by atoms with Gasteiger partial charge < -0.3 is 10.6 Å². The Morgan fingerprint density at radius 1 is 0.964 bits per heavy atom. The predicted molar refractivity (Wildman–Crippen MR) is 110 cm³/mol. The minimum absolute atomic E-state index is 0.143. The molecule has 3 aromatic rings. The molecule has 0 saturated heterocycles. The van der Waals surface area contributed by atoms with Crippen LogP contribution < -0.4 is 21.9 Å². The van der Waals surface area contributed by atoms with Crippen molar-refractivity contribution in [1.29, 1.82) is 0 Å². The Balaban J connectivity index is 2.00. The van der Waals surface area contributed by atoms with Crippen LogP contribution in [0.15, 0.2) is 64.2 Å². The molecule has 1 aromatic heterocycles. The number of carbonyl (C=O) groups excluding carboxylic acids is 1. The quantitative estimate of drug-likeness (QED) is 0.691. The van der Waals surface area contributed by atoms with Crippen LogP contribution in [0.25, 0.3) is 0 Å². The number of hydrogen-bond donors (Lipinski definition) is 2. The molecule has 0 atom stereocenters. The van der Waals surface area contributed by atoms with Crippen LogP contribution in [-0.2, 0) is 20.6 Å². The molecule has 2 aromatic carbocycles. The van der Waals surface area contributed by atoms with E-state index < -0.39 is 17.2 Å². The molecule has 0 spiro atoms. The second kappa shape index (κ2) is 8.14. The summed E-state index contributed by atoms with van der Waals surface area (Å²) < 4.78 is 2.16. The number of nitrogens with zero attached hydrogens (tertiary/aromatic N) is 2. The second-order valence-electron chi connectivity index (χ2n) is 6.23. The fourth-order valence-corrected chi connectivity index (χ4v) is 2.89. The SMILES string of the molecule is Cn1c(NCc2ccccc2)c(C(=O)Nc2ccc(Cl)cc2)c(=O)n(C)c1=O. The van der Waals surface area contributed by atoms with Crippen molar-refractivity contribution in [3.05, 3.63) is 91.6 Å². The lowest BCUT2D eigenvalue weighted by molar-refractivity contribution is 0.102. The van der Waals surface area contributed by atoms with E-state index in [1.165, 1.54) is 18.7 Å². The summed E-state index contributed by atoms with van der Waals surface area (Å²) in [6.45, 7) is 0.350. The van der Waals surface area contributed by atoms with Crippen LogP contribution in [0.2, 0.25) is 5.02 Å². The van der Waals surface area contributed by atoms with Crippen molar-refractivity contribution in [2.45, 2.75) is 6.54 Å². The number of amides is 1. The molecule has 1 amide bonds. The monoisotopic (exact) mass is 398 g/mol. The zero-order chi connectivity index (χ0) is 20.3. The van der Waals surface area contributed by atoms with Crippen molar-refractivity contribution < 1.29 is 4.79 Å². The summed E-state index contributed by atoms with van der Waals surface area (Å²) in [7, 11) is 2.85. The average molecular weight is 399 g/mol. The first-order valence-corrected chi connectivity index (χ1v) is 8.91. The lowest BCUT2D eigenvalue weighted by Crippen LogP contribution is -2.42. The first-order chi connectivity index (χ1) is 13.4. The summed E-state index contributed by atoms with van der Waals surface area (Å²) in [6.07, 6.45) is 0. The van der Waals surface area contributed by atoms with Crippen LogP contribution in [0.1, 0.15) is 15.9 Å². The molecule has 8 heteroatoms.